The fourth-order valence-corrected chi connectivity index (χ4v) is 2.71. The lowest BCUT2D eigenvalue weighted by Crippen LogP contribution is -2.10. The average molecular weight is 362 g/mol. The molecule has 0 atom stereocenters. The number of rotatable bonds is 6. The van der Waals surface area contributed by atoms with Gasteiger partial charge >= 0.3 is 5.97 Å². The van der Waals surface area contributed by atoms with Gasteiger partial charge in [0.05, 0.1) is 20.5 Å². The molecule has 0 saturated carbocycles. The van der Waals surface area contributed by atoms with Gasteiger partial charge in [0.15, 0.2) is 0 Å². The van der Waals surface area contributed by atoms with Gasteiger partial charge in [-0.2, -0.15) is 9.36 Å². The van der Waals surface area contributed by atoms with Crippen molar-refractivity contribution in [3.8, 4) is 10.9 Å². The second-order valence-corrected chi connectivity index (χ2v) is 7.29. The molecule has 7 heteroatoms. The molecule has 2 aromatic rings. The summed E-state index contributed by atoms with van der Waals surface area (Å²) >= 11 is 1.18. The Labute approximate surface area is 151 Å². The van der Waals surface area contributed by atoms with Crippen LogP contribution in [-0.4, -0.2) is 29.5 Å². The van der Waals surface area contributed by atoms with Crippen molar-refractivity contribution < 1.29 is 19.0 Å². The van der Waals surface area contributed by atoms with Crippen LogP contribution < -0.4 is 4.74 Å². The van der Waals surface area contributed by atoms with Crippen LogP contribution >= 0.6 is 11.5 Å². The summed E-state index contributed by atoms with van der Waals surface area (Å²) in [6.07, 6.45) is 2.09. The SMILES string of the molecule is CO/C=C(/C(=O)OC)c1ccccc1Oc1nc(CC(C)(C)C)ns1. The zero-order chi connectivity index (χ0) is 18.4. The van der Waals surface area contributed by atoms with Crippen LogP contribution in [-0.2, 0) is 20.7 Å². The summed E-state index contributed by atoms with van der Waals surface area (Å²) in [5, 5.41) is 0.424. The minimum absolute atomic E-state index is 0.0928. The number of carbonyl (C=O) groups excluding carboxylic acids is 1. The van der Waals surface area contributed by atoms with Crippen molar-refractivity contribution in [3.63, 3.8) is 0 Å². The third-order valence-electron chi connectivity index (χ3n) is 3.15. The van der Waals surface area contributed by atoms with Gasteiger partial charge in [-0.05, 0) is 11.5 Å². The molecular weight excluding hydrogens is 340 g/mol. The zero-order valence-corrected chi connectivity index (χ0v) is 15.8. The van der Waals surface area contributed by atoms with Gasteiger partial charge in [-0.25, -0.2) is 4.79 Å². The number of hydrogen-bond donors (Lipinski definition) is 0. The molecule has 0 unspecified atom stereocenters. The first-order valence-electron chi connectivity index (χ1n) is 7.75. The molecule has 0 fully saturated rings. The molecule has 0 aliphatic rings. The van der Waals surface area contributed by atoms with Gasteiger partial charge in [0.1, 0.15) is 17.1 Å². The van der Waals surface area contributed by atoms with Gasteiger partial charge in [0.2, 0.25) is 0 Å². The number of aromatic nitrogens is 2. The highest BCUT2D eigenvalue weighted by Crippen LogP contribution is 2.32. The third kappa shape index (κ3) is 5.29. The van der Waals surface area contributed by atoms with E-state index in [0.717, 1.165) is 12.2 Å². The van der Waals surface area contributed by atoms with E-state index in [4.69, 9.17) is 14.2 Å². The monoisotopic (exact) mass is 362 g/mol. The molecule has 25 heavy (non-hydrogen) atoms. The molecule has 0 aliphatic heterocycles. The van der Waals surface area contributed by atoms with Gasteiger partial charge in [0, 0.05) is 23.5 Å². The molecule has 134 valence electrons. The summed E-state index contributed by atoms with van der Waals surface area (Å²) < 4.78 is 20.0. The first kappa shape index (κ1) is 18.9. The molecule has 6 nitrogen and oxygen atoms in total. The van der Waals surface area contributed by atoms with Crippen molar-refractivity contribution in [3.05, 3.63) is 41.9 Å². The number of para-hydroxylation sites is 1. The summed E-state index contributed by atoms with van der Waals surface area (Å²) in [7, 11) is 2.79. The standard InChI is InChI=1S/C18H22N2O4S/c1-18(2,3)10-15-19-17(25-20-15)24-14-9-7-6-8-12(14)13(11-22-4)16(21)23-5/h6-9,11H,10H2,1-5H3/b13-11+. The Bertz CT molecular complexity index is 762. The quantitative estimate of drug-likeness (QED) is 0.438. The minimum Gasteiger partial charge on any atom is -0.503 e. The Balaban J connectivity index is 2.29. The second-order valence-electron chi connectivity index (χ2n) is 6.57. The average Bonchev–Trinajstić information content (AvgIpc) is 2.97. The van der Waals surface area contributed by atoms with E-state index in [2.05, 4.69) is 30.1 Å². The van der Waals surface area contributed by atoms with Gasteiger partial charge in [0.25, 0.3) is 5.19 Å². The van der Waals surface area contributed by atoms with E-state index in [0.29, 0.717) is 16.5 Å². The maximum Gasteiger partial charge on any atom is 0.341 e. The number of ether oxygens (including phenoxy) is 3. The number of benzene rings is 1. The molecule has 1 aromatic carbocycles. The Morgan fingerprint density at radius 3 is 2.60 bits per heavy atom. The maximum absolute atomic E-state index is 12.0. The van der Waals surface area contributed by atoms with E-state index >= 15 is 0 Å². The molecule has 0 bridgehead atoms. The van der Waals surface area contributed by atoms with Crippen molar-refractivity contribution in [2.45, 2.75) is 27.2 Å². The van der Waals surface area contributed by atoms with E-state index in [-0.39, 0.29) is 11.0 Å². The van der Waals surface area contributed by atoms with Crippen molar-refractivity contribution in [1.82, 2.24) is 9.36 Å². The largest absolute Gasteiger partial charge is 0.503 e. The molecule has 0 amide bonds. The summed E-state index contributed by atoms with van der Waals surface area (Å²) in [4.78, 5) is 16.4. The highest BCUT2D eigenvalue weighted by atomic mass is 32.1. The molecule has 0 aliphatic carbocycles. The molecule has 1 heterocycles. The molecular formula is C18H22N2O4S. The topological polar surface area (TPSA) is 70.5 Å². The Morgan fingerprint density at radius 2 is 1.96 bits per heavy atom. The third-order valence-corrected chi connectivity index (χ3v) is 3.79. The van der Waals surface area contributed by atoms with Crippen molar-refractivity contribution in [2.24, 2.45) is 5.41 Å². The lowest BCUT2D eigenvalue weighted by molar-refractivity contribution is -0.133. The first-order chi connectivity index (χ1) is 11.8. The summed E-state index contributed by atoms with van der Waals surface area (Å²) in [6, 6.07) is 7.14. The summed E-state index contributed by atoms with van der Waals surface area (Å²) in [6.45, 7) is 6.38. The number of hydrogen-bond acceptors (Lipinski definition) is 7. The smallest absolute Gasteiger partial charge is 0.341 e. The van der Waals surface area contributed by atoms with Crippen LogP contribution in [0.1, 0.15) is 32.2 Å². The number of nitrogens with zero attached hydrogens (tertiary/aromatic N) is 2. The van der Waals surface area contributed by atoms with Crippen LogP contribution in [0, 0.1) is 5.41 Å². The molecule has 0 saturated heterocycles. The fourth-order valence-electron chi connectivity index (χ4n) is 2.15. The van der Waals surface area contributed by atoms with E-state index in [1.807, 2.05) is 6.07 Å². The van der Waals surface area contributed by atoms with Crippen molar-refractivity contribution >= 4 is 23.1 Å². The predicted octanol–water partition coefficient (Wildman–Crippen LogP) is 4.08. The van der Waals surface area contributed by atoms with E-state index in [9.17, 15) is 4.79 Å². The Morgan fingerprint density at radius 1 is 1.24 bits per heavy atom. The van der Waals surface area contributed by atoms with Gasteiger partial charge in [-0.3, -0.25) is 0 Å². The lowest BCUT2D eigenvalue weighted by atomic mass is 9.92. The van der Waals surface area contributed by atoms with E-state index < -0.39 is 5.97 Å². The van der Waals surface area contributed by atoms with Crippen molar-refractivity contribution in [2.75, 3.05) is 14.2 Å². The van der Waals surface area contributed by atoms with Gasteiger partial charge in [-0.1, -0.05) is 39.0 Å². The van der Waals surface area contributed by atoms with Crippen LogP contribution in [0.15, 0.2) is 30.5 Å². The summed E-state index contributed by atoms with van der Waals surface area (Å²) in [5.41, 5.74) is 0.916. The van der Waals surface area contributed by atoms with E-state index in [1.54, 1.807) is 18.2 Å². The van der Waals surface area contributed by atoms with Crippen LogP contribution in [0.25, 0.3) is 5.57 Å². The van der Waals surface area contributed by atoms with Crippen LogP contribution in [0.5, 0.6) is 10.9 Å². The second kappa shape index (κ2) is 8.11. The molecule has 0 spiro atoms. The van der Waals surface area contributed by atoms with Crippen LogP contribution in [0.3, 0.4) is 0 Å². The summed E-state index contributed by atoms with van der Waals surface area (Å²) in [5.74, 6) is 0.712. The highest BCUT2D eigenvalue weighted by Gasteiger charge is 2.20. The number of esters is 1. The Hall–Kier alpha value is -2.41. The van der Waals surface area contributed by atoms with Gasteiger partial charge < -0.3 is 14.2 Å². The predicted molar refractivity (Wildman–Crippen MR) is 96.6 cm³/mol. The molecule has 0 N–H and O–H groups in total. The molecule has 0 radical (unpaired) electrons. The van der Waals surface area contributed by atoms with Gasteiger partial charge in [-0.15, -0.1) is 0 Å². The zero-order valence-electron chi connectivity index (χ0n) is 15.0. The fraction of sp³-hybridized carbons (Fsp3) is 0.389. The highest BCUT2D eigenvalue weighted by molar-refractivity contribution is 7.07. The van der Waals surface area contributed by atoms with Crippen LogP contribution in [0.4, 0.5) is 0 Å². The number of carbonyl (C=O) groups is 1. The lowest BCUT2D eigenvalue weighted by Gasteiger charge is -2.14. The van der Waals surface area contributed by atoms with Crippen LogP contribution in [0.2, 0.25) is 0 Å². The molecule has 1 aromatic heterocycles. The minimum atomic E-state index is -0.511. The first-order valence-corrected chi connectivity index (χ1v) is 8.52. The van der Waals surface area contributed by atoms with E-state index in [1.165, 1.54) is 32.0 Å². The number of methoxy groups -OCH3 is 2. The Kier molecular flexibility index (Phi) is 6.14. The van der Waals surface area contributed by atoms with Crippen molar-refractivity contribution in [1.29, 1.82) is 0 Å². The normalized spacial score (nSPS) is 12.0. The molecule has 2 rings (SSSR count). The maximum atomic E-state index is 12.0.